The van der Waals surface area contributed by atoms with Crippen molar-refractivity contribution in [3.63, 3.8) is 0 Å². The summed E-state index contributed by atoms with van der Waals surface area (Å²) < 4.78 is 5.44. The zero-order valence-electron chi connectivity index (χ0n) is 15.4. The van der Waals surface area contributed by atoms with Crippen molar-refractivity contribution in [3.05, 3.63) is 65.2 Å². The molecule has 3 aromatic heterocycles. The minimum absolute atomic E-state index is 0.124. The van der Waals surface area contributed by atoms with Crippen LogP contribution in [0, 0.1) is 6.92 Å². The number of oxazole rings is 1. The van der Waals surface area contributed by atoms with Crippen LogP contribution in [0.2, 0.25) is 5.02 Å². The van der Waals surface area contributed by atoms with Crippen molar-refractivity contribution < 1.29 is 9.21 Å². The molecule has 1 aliphatic heterocycles. The van der Waals surface area contributed by atoms with Crippen molar-refractivity contribution in [2.24, 2.45) is 0 Å². The fourth-order valence-corrected chi connectivity index (χ4v) is 3.54. The number of halogens is 1. The van der Waals surface area contributed by atoms with Crippen LogP contribution in [0.4, 0.5) is 11.5 Å². The molecule has 144 valence electrons. The maximum absolute atomic E-state index is 13.1. The van der Waals surface area contributed by atoms with Crippen LogP contribution in [0.1, 0.15) is 47.2 Å². The first-order valence-corrected chi connectivity index (χ1v) is 9.55. The van der Waals surface area contributed by atoms with Crippen molar-refractivity contribution in [1.29, 1.82) is 0 Å². The van der Waals surface area contributed by atoms with Gasteiger partial charge in [-0.3, -0.25) is 9.78 Å². The molecule has 4 heterocycles. The second-order valence-corrected chi connectivity index (χ2v) is 7.16. The van der Waals surface area contributed by atoms with Crippen LogP contribution >= 0.6 is 11.6 Å². The van der Waals surface area contributed by atoms with Gasteiger partial charge < -0.3 is 14.6 Å². The summed E-state index contributed by atoms with van der Waals surface area (Å²) in [5.41, 5.74) is 2.14. The zero-order valence-corrected chi connectivity index (χ0v) is 16.2. The first kappa shape index (κ1) is 18.4. The average Bonchev–Trinajstić information content (AvgIpc) is 3.25. The van der Waals surface area contributed by atoms with E-state index in [4.69, 9.17) is 16.0 Å². The number of carbonyl (C=O) groups is 1. The third-order valence-electron chi connectivity index (χ3n) is 4.76. The highest BCUT2D eigenvalue weighted by Crippen LogP contribution is 2.32. The maximum atomic E-state index is 13.1. The Kier molecular flexibility index (Phi) is 5.25. The number of nitrogens with one attached hydrogen (secondary N) is 1. The smallest absolute Gasteiger partial charge is 0.256 e. The first-order chi connectivity index (χ1) is 13.6. The predicted molar refractivity (Wildman–Crippen MR) is 106 cm³/mol. The normalized spacial score (nSPS) is 16.8. The van der Waals surface area contributed by atoms with Gasteiger partial charge >= 0.3 is 0 Å². The lowest BCUT2D eigenvalue weighted by Crippen LogP contribution is -2.38. The molecular weight excluding hydrogens is 378 g/mol. The van der Waals surface area contributed by atoms with Gasteiger partial charge in [0.25, 0.3) is 5.91 Å². The molecule has 28 heavy (non-hydrogen) atoms. The molecule has 4 rings (SSSR count). The molecule has 1 aliphatic rings. The number of piperidine rings is 1. The van der Waals surface area contributed by atoms with E-state index in [1.807, 2.05) is 19.1 Å². The Morgan fingerprint density at radius 3 is 2.86 bits per heavy atom. The molecule has 1 unspecified atom stereocenters. The summed E-state index contributed by atoms with van der Waals surface area (Å²) in [4.78, 5) is 27.7. The Hall–Kier alpha value is -2.93. The van der Waals surface area contributed by atoms with Gasteiger partial charge in [0.2, 0.25) is 5.89 Å². The molecule has 0 aliphatic carbocycles. The highest BCUT2D eigenvalue weighted by molar-refractivity contribution is 6.33. The number of hydrogen-bond acceptors (Lipinski definition) is 6. The lowest BCUT2D eigenvalue weighted by Gasteiger charge is -2.33. The molecule has 3 aromatic rings. The molecule has 0 radical (unpaired) electrons. The molecule has 1 N–H and O–H groups in total. The third kappa shape index (κ3) is 3.84. The number of carbonyl (C=O) groups excluding carboxylic acids is 1. The highest BCUT2D eigenvalue weighted by atomic mass is 35.5. The molecule has 0 bridgehead atoms. The summed E-state index contributed by atoms with van der Waals surface area (Å²) in [5, 5.41) is 3.49. The number of aryl methyl sites for hydroxylation is 1. The number of anilines is 2. The number of rotatable bonds is 4. The minimum Gasteiger partial charge on any atom is -0.447 e. The van der Waals surface area contributed by atoms with Crippen LogP contribution in [-0.4, -0.2) is 32.3 Å². The van der Waals surface area contributed by atoms with Gasteiger partial charge in [-0.05, 0) is 44.4 Å². The molecule has 8 heteroatoms. The number of nitrogens with zero attached hydrogens (tertiary/aromatic N) is 4. The van der Waals surface area contributed by atoms with E-state index in [0.717, 1.165) is 30.6 Å². The van der Waals surface area contributed by atoms with Crippen molar-refractivity contribution in [1.82, 2.24) is 19.9 Å². The van der Waals surface area contributed by atoms with Crippen LogP contribution in [0.3, 0.4) is 0 Å². The fourth-order valence-electron chi connectivity index (χ4n) is 3.32. The predicted octanol–water partition coefficient (Wildman–Crippen LogP) is 4.54. The number of amides is 1. The summed E-state index contributed by atoms with van der Waals surface area (Å²) in [7, 11) is 0. The second-order valence-electron chi connectivity index (χ2n) is 6.75. The first-order valence-electron chi connectivity index (χ1n) is 9.17. The zero-order chi connectivity index (χ0) is 19.5. The van der Waals surface area contributed by atoms with Crippen molar-refractivity contribution >= 4 is 29.0 Å². The maximum Gasteiger partial charge on any atom is 0.256 e. The van der Waals surface area contributed by atoms with E-state index in [0.29, 0.717) is 28.8 Å². The van der Waals surface area contributed by atoms with Crippen molar-refractivity contribution in [2.45, 2.75) is 32.2 Å². The number of likely N-dealkylation sites (tertiary alicyclic amines) is 1. The molecular formula is C20H20ClN5O2. The summed E-state index contributed by atoms with van der Waals surface area (Å²) in [6.45, 7) is 2.57. The number of pyridine rings is 2. The SMILES string of the molecule is Cc1ccc(Nc2ncc(C(=O)N3CCCCC3c3ncco3)cc2Cl)cn1. The summed E-state index contributed by atoms with van der Waals surface area (Å²) in [6.07, 6.45) is 9.19. The van der Waals surface area contributed by atoms with E-state index >= 15 is 0 Å². The summed E-state index contributed by atoms with van der Waals surface area (Å²) in [5.74, 6) is 0.921. The van der Waals surface area contributed by atoms with E-state index in [-0.39, 0.29) is 11.9 Å². The van der Waals surface area contributed by atoms with Gasteiger partial charge in [-0.2, -0.15) is 0 Å². The van der Waals surface area contributed by atoms with Gasteiger partial charge in [0.1, 0.15) is 18.1 Å². The van der Waals surface area contributed by atoms with Crippen molar-refractivity contribution in [2.75, 3.05) is 11.9 Å². The number of aromatic nitrogens is 3. The molecule has 7 nitrogen and oxygen atoms in total. The van der Waals surface area contributed by atoms with Gasteiger partial charge in [-0.1, -0.05) is 11.6 Å². The van der Waals surface area contributed by atoms with Gasteiger partial charge in [-0.15, -0.1) is 0 Å². The fraction of sp³-hybridized carbons (Fsp3) is 0.300. The molecule has 0 aromatic carbocycles. The number of hydrogen-bond donors (Lipinski definition) is 1. The summed E-state index contributed by atoms with van der Waals surface area (Å²) >= 11 is 6.38. The van der Waals surface area contributed by atoms with Crippen LogP contribution < -0.4 is 5.32 Å². The molecule has 1 saturated heterocycles. The molecule has 1 fully saturated rings. The van der Waals surface area contributed by atoms with E-state index in [9.17, 15) is 4.79 Å². The van der Waals surface area contributed by atoms with E-state index in [1.165, 1.54) is 6.26 Å². The lowest BCUT2D eigenvalue weighted by atomic mass is 10.0. The Morgan fingerprint density at radius 2 is 2.14 bits per heavy atom. The Morgan fingerprint density at radius 1 is 1.25 bits per heavy atom. The minimum atomic E-state index is -0.161. The van der Waals surface area contributed by atoms with Gasteiger partial charge in [0.05, 0.1) is 28.7 Å². The van der Waals surface area contributed by atoms with Crippen LogP contribution in [0.5, 0.6) is 0 Å². The van der Waals surface area contributed by atoms with Crippen LogP contribution in [-0.2, 0) is 0 Å². The molecule has 1 amide bonds. The molecule has 0 spiro atoms. The second kappa shape index (κ2) is 7.98. The lowest BCUT2D eigenvalue weighted by molar-refractivity contribution is 0.0571. The van der Waals surface area contributed by atoms with Crippen LogP contribution in [0.15, 0.2) is 47.5 Å². The standard InChI is InChI=1S/C20H20ClN5O2/c1-13-5-6-15(12-23-13)25-18-16(21)10-14(11-24-18)20(27)26-8-3-2-4-17(26)19-22-7-9-28-19/h5-7,9-12,17H,2-4,8H2,1H3,(H,24,25). The third-order valence-corrected chi connectivity index (χ3v) is 5.05. The Balaban J connectivity index is 1.54. The molecule has 1 atom stereocenters. The van der Waals surface area contributed by atoms with Crippen molar-refractivity contribution in [3.8, 4) is 0 Å². The average molecular weight is 398 g/mol. The van der Waals surface area contributed by atoms with Crippen LogP contribution in [0.25, 0.3) is 0 Å². The quantitative estimate of drug-likeness (QED) is 0.695. The summed E-state index contributed by atoms with van der Waals surface area (Å²) in [6, 6.07) is 5.27. The molecule has 0 saturated carbocycles. The topological polar surface area (TPSA) is 84.2 Å². The van der Waals surface area contributed by atoms with Gasteiger partial charge in [-0.25, -0.2) is 9.97 Å². The van der Waals surface area contributed by atoms with E-state index in [1.54, 1.807) is 29.6 Å². The Bertz CT molecular complexity index is 959. The van der Waals surface area contributed by atoms with E-state index in [2.05, 4.69) is 20.3 Å². The van der Waals surface area contributed by atoms with E-state index < -0.39 is 0 Å². The van der Waals surface area contributed by atoms with Gasteiger partial charge in [0, 0.05) is 18.4 Å². The largest absolute Gasteiger partial charge is 0.447 e. The monoisotopic (exact) mass is 397 g/mol. The Labute approximate surface area is 167 Å². The van der Waals surface area contributed by atoms with Gasteiger partial charge in [0.15, 0.2) is 0 Å². The highest BCUT2D eigenvalue weighted by Gasteiger charge is 2.31.